The summed E-state index contributed by atoms with van der Waals surface area (Å²) in [6.07, 6.45) is 4.61. The van der Waals surface area contributed by atoms with E-state index in [1.807, 2.05) is 6.92 Å². The third-order valence-electron chi connectivity index (χ3n) is 2.30. The van der Waals surface area contributed by atoms with Gasteiger partial charge in [0.25, 0.3) is 5.91 Å². The molecular formula is C12H11BrN4O. The zero-order valence-corrected chi connectivity index (χ0v) is 11.2. The Kier molecular flexibility index (Phi) is 3.57. The number of nitrogens with two attached hydrogens (primary N) is 1. The predicted octanol–water partition coefficient (Wildman–Crippen LogP) is 2.38. The van der Waals surface area contributed by atoms with E-state index in [1.165, 1.54) is 12.4 Å². The van der Waals surface area contributed by atoms with Gasteiger partial charge in [-0.1, -0.05) is 0 Å². The lowest BCUT2D eigenvalue weighted by atomic mass is 10.2. The maximum atomic E-state index is 12.0. The van der Waals surface area contributed by atoms with Crippen LogP contribution in [0.3, 0.4) is 0 Å². The summed E-state index contributed by atoms with van der Waals surface area (Å²) in [4.78, 5) is 20.0. The molecule has 92 valence electrons. The minimum atomic E-state index is -0.260. The zero-order valence-electron chi connectivity index (χ0n) is 9.64. The van der Waals surface area contributed by atoms with E-state index in [4.69, 9.17) is 5.73 Å². The molecule has 0 aliphatic carbocycles. The van der Waals surface area contributed by atoms with Gasteiger partial charge in [-0.25, -0.2) is 4.98 Å². The van der Waals surface area contributed by atoms with Crippen LogP contribution in [-0.4, -0.2) is 15.9 Å². The van der Waals surface area contributed by atoms with Gasteiger partial charge in [-0.15, -0.1) is 0 Å². The van der Waals surface area contributed by atoms with Gasteiger partial charge in [0, 0.05) is 16.9 Å². The third kappa shape index (κ3) is 2.84. The number of halogens is 1. The molecule has 0 fully saturated rings. The average molecular weight is 307 g/mol. The van der Waals surface area contributed by atoms with E-state index in [0.717, 1.165) is 10.0 Å². The molecule has 0 aliphatic heterocycles. The predicted molar refractivity (Wildman–Crippen MR) is 73.3 cm³/mol. The number of carbonyl (C=O) groups excluding carboxylic acids is 1. The van der Waals surface area contributed by atoms with Crippen LogP contribution in [0.15, 0.2) is 35.2 Å². The van der Waals surface area contributed by atoms with E-state index in [2.05, 4.69) is 31.2 Å². The summed E-state index contributed by atoms with van der Waals surface area (Å²) in [5.41, 5.74) is 7.43. The molecule has 5 nitrogen and oxygen atoms in total. The monoisotopic (exact) mass is 306 g/mol. The van der Waals surface area contributed by atoms with Crippen molar-refractivity contribution in [2.75, 3.05) is 11.1 Å². The molecule has 0 aliphatic rings. The number of aromatic nitrogens is 2. The summed E-state index contributed by atoms with van der Waals surface area (Å²) in [5.74, 6) is 0.235. The Labute approximate surface area is 113 Å². The second-order valence-electron chi connectivity index (χ2n) is 3.78. The largest absolute Gasteiger partial charge is 0.397 e. The van der Waals surface area contributed by atoms with Gasteiger partial charge >= 0.3 is 0 Å². The van der Waals surface area contributed by atoms with E-state index in [9.17, 15) is 4.79 Å². The molecule has 2 aromatic rings. The first kappa shape index (κ1) is 12.5. The first-order valence-electron chi connectivity index (χ1n) is 5.20. The van der Waals surface area contributed by atoms with E-state index < -0.39 is 0 Å². The van der Waals surface area contributed by atoms with Crippen LogP contribution in [-0.2, 0) is 0 Å². The van der Waals surface area contributed by atoms with Crippen molar-refractivity contribution in [2.24, 2.45) is 0 Å². The van der Waals surface area contributed by atoms with Gasteiger partial charge in [-0.3, -0.25) is 9.78 Å². The number of nitrogen functional groups attached to an aromatic ring is 1. The molecule has 0 spiro atoms. The number of anilines is 2. The summed E-state index contributed by atoms with van der Waals surface area (Å²) < 4.78 is 0.747. The van der Waals surface area contributed by atoms with Gasteiger partial charge in [0.2, 0.25) is 0 Å². The molecule has 6 heteroatoms. The number of hydrogen-bond acceptors (Lipinski definition) is 4. The smallest absolute Gasteiger partial charge is 0.258 e. The zero-order chi connectivity index (χ0) is 13.1. The summed E-state index contributed by atoms with van der Waals surface area (Å²) in [7, 11) is 0. The topological polar surface area (TPSA) is 80.9 Å². The SMILES string of the molecule is Cc1cc(N)cnc1NC(=O)c1cncc(Br)c1. The molecule has 0 saturated carbocycles. The van der Waals surface area contributed by atoms with Crippen LogP contribution < -0.4 is 11.1 Å². The second-order valence-corrected chi connectivity index (χ2v) is 4.70. The summed E-state index contributed by atoms with van der Waals surface area (Å²) in [6.45, 7) is 1.83. The number of amides is 1. The molecular weight excluding hydrogens is 296 g/mol. The van der Waals surface area contributed by atoms with Gasteiger partial charge in [0.1, 0.15) is 5.82 Å². The van der Waals surface area contributed by atoms with Gasteiger partial charge in [0.15, 0.2) is 0 Å². The molecule has 0 bridgehead atoms. The Morgan fingerprint density at radius 2 is 2.11 bits per heavy atom. The molecule has 0 saturated heterocycles. The lowest BCUT2D eigenvalue weighted by molar-refractivity contribution is 0.102. The van der Waals surface area contributed by atoms with Crippen molar-refractivity contribution in [1.29, 1.82) is 0 Å². The van der Waals surface area contributed by atoms with Crippen molar-refractivity contribution in [3.63, 3.8) is 0 Å². The fraction of sp³-hybridized carbons (Fsp3) is 0.0833. The molecule has 18 heavy (non-hydrogen) atoms. The van der Waals surface area contributed by atoms with Gasteiger partial charge in [-0.05, 0) is 40.5 Å². The first-order valence-corrected chi connectivity index (χ1v) is 5.99. The minimum Gasteiger partial charge on any atom is -0.397 e. The minimum absolute atomic E-state index is 0.260. The number of aryl methyl sites for hydroxylation is 1. The quantitative estimate of drug-likeness (QED) is 0.892. The van der Waals surface area contributed by atoms with Crippen LogP contribution in [0.4, 0.5) is 11.5 Å². The van der Waals surface area contributed by atoms with Crippen LogP contribution in [0.5, 0.6) is 0 Å². The van der Waals surface area contributed by atoms with Gasteiger partial charge in [-0.2, -0.15) is 0 Å². The van der Waals surface area contributed by atoms with E-state index in [-0.39, 0.29) is 5.91 Å². The number of rotatable bonds is 2. The number of pyridine rings is 2. The molecule has 1 amide bonds. The van der Waals surface area contributed by atoms with Crippen molar-refractivity contribution in [3.8, 4) is 0 Å². The number of nitrogens with one attached hydrogen (secondary N) is 1. The molecule has 3 N–H and O–H groups in total. The molecule has 0 radical (unpaired) electrons. The van der Waals surface area contributed by atoms with E-state index >= 15 is 0 Å². The van der Waals surface area contributed by atoms with E-state index in [1.54, 1.807) is 18.3 Å². The highest BCUT2D eigenvalue weighted by Gasteiger charge is 2.09. The summed E-state index contributed by atoms with van der Waals surface area (Å²) in [6, 6.07) is 3.44. The van der Waals surface area contributed by atoms with Crippen molar-refractivity contribution in [3.05, 3.63) is 46.3 Å². The highest BCUT2D eigenvalue weighted by atomic mass is 79.9. The number of hydrogen-bond donors (Lipinski definition) is 2. The first-order chi connectivity index (χ1) is 8.56. The van der Waals surface area contributed by atoms with Gasteiger partial charge in [0.05, 0.1) is 17.4 Å². The van der Waals surface area contributed by atoms with E-state index in [0.29, 0.717) is 17.1 Å². The number of nitrogens with zero attached hydrogens (tertiary/aromatic N) is 2. The lowest BCUT2D eigenvalue weighted by Gasteiger charge is -2.07. The number of carbonyl (C=O) groups is 1. The van der Waals surface area contributed by atoms with Crippen molar-refractivity contribution in [2.45, 2.75) is 6.92 Å². The normalized spacial score (nSPS) is 10.1. The Bertz CT molecular complexity index is 600. The van der Waals surface area contributed by atoms with Crippen LogP contribution in [0.25, 0.3) is 0 Å². The maximum absolute atomic E-state index is 12.0. The molecule has 2 aromatic heterocycles. The molecule has 2 heterocycles. The van der Waals surface area contributed by atoms with Crippen molar-refractivity contribution >= 4 is 33.3 Å². The van der Waals surface area contributed by atoms with Crippen molar-refractivity contribution < 1.29 is 4.79 Å². The summed E-state index contributed by atoms with van der Waals surface area (Å²) in [5, 5.41) is 2.71. The maximum Gasteiger partial charge on any atom is 0.258 e. The highest BCUT2D eigenvalue weighted by Crippen LogP contribution is 2.16. The van der Waals surface area contributed by atoms with Crippen molar-refractivity contribution in [1.82, 2.24) is 9.97 Å². The Morgan fingerprint density at radius 3 is 2.78 bits per heavy atom. The standard InChI is InChI=1S/C12H11BrN4O/c1-7-2-10(14)6-16-11(7)17-12(18)8-3-9(13)5-15-4-8/h2-6H,14H2,1H3,(H,16,17,18). The van der Waals surface area contributed by atoms with Crippen LogP contribution in [0, 0.1) is 6.92 Å². The second kappa shape index (κ2) is 5.14. The van der Waals surface area contributed by atoms with Crippen LogP contribution in [0.2, 0.25) is 0 Å². The Balaban J connectivity index is 2.21. The van der Waals surface area contributed by atoms with Gasteiger partial charge < -0.3 is 11.1 Å². The molecule has 2 rings (SSSR count). The Morgan fingerprint density at radius 1 is 1.33 bits per heavy atom. The Hall–Kier alpha value is -1.95. The molecule has 0 atom stereocenters. The fourth-order valence-corrected chi connectivity index (χ4v) is 1.81. The molecule has 0 aromatic carbocycles. The highest BCUT2D eigenvalue weighted by molar-refractivity contribution is 9.10. The van der Waals surface area contributed by atoms with Crippen LogP contribution in [0.1, 0.15) is 15.9 Å². The third-order valence-corrected chi connectivity index (χ3v) is 2.73. The van der Waals surface area contributed by atoms with Crippen LogP contribution >= 0.6 is 15.9 Å². The fourth-order valence-electron chi connectivity index (χ4n) is 1.44. The average Bonchev–Trinajstić information content (AvgIpc) is 2.32. The molecule has 0 unspecified atom stereocenters. The lowest BCUT2D eigenvalue weighted by Crippen LogP contribution is -2.14. The summed E-state index contributed by atoms with van der Waals surface area (Å²) >= 11 is 3.27.